The molecule has 0 radical (unpaired) electrons. The molecule has 0 bridgehead atoms. The smallest absolute Gasteiger partial charge is 0.369 e. The highest BCUT2D eigenvalue weighted by Gasteiger charge is 2.27. The number of rotatable bonds is 10. The molecule has 0 atom stereocenters. The summed E-state index contributed by atoms with van der Waals surface area (Å²) < 4.78 is 16.6. The van der Waals surface area contributed by atoms with E-state index in [4.69, 9.17) is 14.0 Å². The van der Waals surface area contributed by atoms with Crippen LogP contribution in [0.1, 0.15) is 22.0 Å². The summed E-state index contributed by atoms with van der Waals surface area (Å²) in [5.74, 6) is 0.425. The first-order chi connectivity index (χ1) is 20.2. The van der Waals surface area contributed by atoms with Crippen molar-refractivity contribution in [2.45, 2.75) is 19.6 Å². The van der Waals surface area contributed by atoms with Gasteiger partial charge >= 0.3 is 6.10 Å². The molecule has 3 aromatic heterocycles. The van der Waals surface area contributed by atoms with Gasteiger partial charge < -0.3 is 39.9 Å². The first kappa shape index (κ1) is 28.7. The topological polar surface area (TPSA) is 226 Å². The van der Waals surface area contributed by atoms with Crippen molar-refractivity contribution in [3.63, 3.8) is 0 Å². The number of hydrogen-bond donors (Lipinski definition) is 6. The molecule has 0 aliphatic carbocycles. The number of carbonyl (C=O) groups is 1. The maximum Gasteiger partial charge on any atom is 0.369 e. The highest BCUT2D eigenvalue weighted by molar-refractivity contribution is 5.99. The Morgan fingerprint density at radius 2 is 1.81 bits per heavy atom. The zero-order valence-corrected chi connectivity index (χ0v) is 22.6. The largest absolute Gasteiger partial charge is 0.494 e. The van der Waals surface area contributed by atoms with Crippen LogP contribution in [0.15, 0.2) is 40.9 Å². The molecule has 1 aliphatic rings. The molecule has 1 saturated heterocycles. The van der Waals surface area contributed by atoms with E-state index in [1.807, 2.05) is 0 Å². The van der Waals surface area contributed by atoms with E-state index in [9.17, 15) is 20.1 Å². The van der Waals surface area contributed by atoms with Gasteiger partial charge in [0.05, 0.1) is 49.5 Å². The summed E-state index contributed by atoms with van der Waals surface area (Å²) >= 11 is 0. The minimum Gasteiger partial charge on any atom is -0.494 e. The minimum absolute atomic E-state index is 0.0586. The van der Waals surface area contributed by atoms with Gasteiger partial charge in [0, 0.05) is 19.2 Å². The van der Waals surface area contributed by atoms with Crippen molar-refractivity contribution in [3.8, 4) is 17.2 Å². The monoisotopic (exact) mass is 580 g/mol. The Hall–Kier alpha value is -4.81. The van der Waals surface area contributed by atoms with Gasteiger partial charge in [-0.15, -0.1) is 15.3 Å². The lowest BCUT2D eigenvalue weighted by molar-refractivity contribution is -0.323. The number of aromatic nitrogens is 6. The molecule has 0 saturated carbocycles. The number of nitrogens with zero attached hydrogens (tertiary/aromatic N) is 7. The van der Waals surface area contributed by atoms with Gasteiger partial charge in [-0.25, -0.2) is 0 Å². The lowest BCUT2D eigenvalue weighted by Crippen LogP contribution is -2.48. The number of ether oxygens (including phenoxy) is 2. The van der Waals surface area contributed by atoms with Gasteiger partial charge in [-0.05, 0) is 31.2 Å². The number of para-hydroxylation sites is 1. The molecular weight excluding hydrogens is 552 g/mol. The molecule has 6 N–H and O–H groups in total. The van der Waals surface area contributed by atoms with E-state index >= 15 is 0 Å². The number of hydrogen-bond acceptors (Lipinski definition) is 16. The fraction of sp³-hybridized carbons (Fsp3) is 0.320. The summed E-state index contributed by atoms with van der Waals surface area (Å²) in [5, 5.41) is 55.4. The summed E-state index contributed by atoms with van der Waals surface area (Å²) in [5.41, 5.74) is 1.24. The van der Waals surface area contributed by atoms with E-state index in [0.717, 1.165) is 13.1 Å². The standard InChI is InChI=1S/C25H28N10O7/c1-14-6-7-18(31-30-14)27-19-12-17(21(33-32-19)23(36)29-25(37,38)39)26-16-5-3-4-15(22(16)40-2)24-28-20(34-42-24)13-35-8-10-41-11-9-35/h3-7,12,37-39H,8-11,13H2,1-2H3,(H,29,36)(H2,26,27,31,32). The van der Waals surface area contributed by atoms with Crippen molar-refractivity contribution >= 4 is 28.9 Å². The third kappa shape index (κ3) is 7.09. The van der Waals surface area contributed by atoms with Gasteiger partial charge in [-0.2, -0.15) is 10.1 Å². The Bertz CT molecular complexity index is 1540. The fourth-order valence-corrected chi connectivity index (χ4v) is 4.08. The van der Waals surface area contributed by atoms with Crippen molar-refractivity contribution in [1.82, 2.24) is 40.8 Å². The minimum atomic E-state index is -3.49. The summed E-state index contributed by atoms with van der Waals surface area (Å²) in [6.07, 6.45) is -3.49. The molecule has 1 aromatic carbocycles. The van der Waals surface area contributed by atoms with E-state index in [2.05, 4.69) is 46.1 Å². The molecule has 42 heavy (non-hydrogen) atoms. The Morgan fingerprint density at radius 1 is 1.02 bits per heavy atom. The molecule has 4 heterocycles. The van der Waals surface area contributed by atoms with Crippen LogP contribution in [0.5, 0.6) is 5.75 Å². The van der Waals surface area contributed by atoms with Gasteiger partial charge in [0.2, 0.25) is 0 Å². The molecule has 1 aliphatic heterocycles. The molecule has 0 unspecified atom stereocenters. The maximum atomic E-state index is 12.7. The quantitative estimate of drug-likeness (QED) is 0.138. The van der Waals surface area contributed by atoms with Crippen LogP contribution in [0, 0.1) is 6.92 Å². The van der Waals surface area contributed by atoms with Crippen molar-refractivity contribution in [1.29, 1.82) is 0 Å². The molecular formula is C25H28N10O7. The lowest BCUT2D eigenvalue weighted by atomic mass is 10.1. The highest BCUT2D eigenvalue weighted by Crippen LogP contribution is 2.38. The van der Waals surface area contributed by atoms with Crippen LogP contribution in [0.2, 0.25) is 0 Å². The zero-order chi connectivity index (χ0) is 29.7. The first-order valence-corrected chi connectivity index (χ1v) is 12.7. The molecule has 17 heteroatoms. The zero-order valence-electron chi connectivity index (χ0n) is 22.6. The Kier molecular flexibility index (Phi) is 8.46. The van der Waals surface area contributed by atoms with Crippen LogP contribution in [0.4, 0.5) is 23.0 Å². The molecule has 1 amide bonds. The van der Waals surface area contributed by atoms with Crippen LogP contribution in [0.3, 0.4) is 0 Å². The molecule has 1 fully saturated rings. The lowest BCUT2D eigenvalue weighted by Gasteiger charge is -2.24. The normalized spacial score (nSPS) is 13.9. The average Bonchev–Trinajstić information content (AvgIpc) is 3.42. The predicted molar refractivity (Wildman–Crippen MR) is 145 cm³/mol. The van der Waals surface area contributed by atoms with E-state index < -0.39 is 12.0 Å². The average molecular weight is 581 g/mol. The number of methoxy groups -OCH3 is 1. The molecule has 220 valence electrons. The van der Waals surface area contributed by atoms with Crippen molar-refractivity contribution in [2.75, 3.05) is 44.0 Å². The summed E-state index contributed by atoms with van der Waals surface area (Å²) in [7, 11) is 1.45. The van der Waals surface area contributed by atoms with Crippen LogP contribution in [0.25, 0.3) is 11.5 Å². The summed E-state index contributed by atoms with van der Waals surface area (Å²) in [4.78, 5) is 19.4. The third-order valence-corrected chi connectivity index (χ3v) is 6.00. The second-order valence-electron chi connectivity index (χ2n) is 9.18. The Balaban J connectivity index is 1.46. The van der Waals surface area contributed by atoms with E-state index in [1.165, 1.54) is 13.2 Å². The SMILES string of the molecule is COc1c(Nc2cc(Nc3ccc(C)nn3)nnc2C(=O)NC(O)(O)O)cccc1-c1nc(CN2CCOCC2)no1. The molecule has 5 rings (SSSR count). The third-order valence-electron chi connectivity index (χ3n) is 6.00. The molecule has 4 aromatic rings. The number of carbonyl (C=O) groups excluding carboxylic acids is 1. The summed E-state index contributed by atoms with van der Waals surface area (Å²) in [6.45, 7) is 5.09. The molecule has 17 nitrogen and oxygen atoms in total. The second-order valence-corrected chi connectivity index (χ2v) is 9.18. The van der Waals surface area contributed by atoms with Crippen molar-refractivity contribution in [3.05, 3.63) is 53.6 Å². The number of morpholine rings is 1. The number of anilines is 4. The van der Waals surface area contributed by atoms with Gasteiger partial charge in [-0.3, -0.25) is 15.0 Å². The number of amides is 1. The van der Waals surface area contributed by atoms with E-state index in [1.54, 1.807) is 42.6 Å². The van der Waals surface area contributed by atoms with Crippen LogP contribution in [-0.2, 0) is 11.3 Å². The van der Waals surface area contributed by atoms with Gasteiger partial charge in [0.15, 0.2) is 28.9 Å². The molecule has 0 spiro atoms. The maximum absolute atomic E-state index is 12.7. The fourth-order valence-electron chi connectivity index (χ4n) is 4.08. The van der Waals surface area contributed by atoms with Gasteiger partial charge in [-0.1, -0.05) is 11.2 Å². The Morgan fingerprint density at radius 3 is 2.52 bits per heavy atom. The van der Waals surface area contributed by atoms with Crippen molar-refractivity contribution < 1.29 is 34.1 Å². The van der Waals surface area contributed by atoms with E-state index in [0.29, 0.717) is 54.1 Å². The second kappa shape index (κ2) is 12.4. The number of nitrogens with one attached hydrogen (secondary N) is 3. The van der Waals surface area contributed by atoms with Crippen molar-refractivity contribution in [2.24, 2.45) is 0 Å². The number of aliphatic hydroxyl groups is 3. The van der Waals surface area contributed by atoms with Crippen LogP contribution in [-0.4, -0.2) is 96.2 Å². The predicted octanol–water partition coefficient (Wildman–Crippen LogP) is 0.271. The Labute approximate surface area is 238 Å². The highest BCUT2D eigenvalue weighted by atomic mass is 16.7. The van der Waals surface area contributed by atoms with Gasteiger partial charge in [0.25, 0.3) is 11.8 Å². The van der Waals surface area contributed by atoms with Crippen LogP contribution >= 0.6 is 0 Å². The number of benzene rings is 1. The van der Waals surface area contributed by atoms with Gasteiger partial charge in [0.1, 0.15) is 0 Å². The number of aryl methyl sites for hydroxylation is 1. The summed E-state index contributed by atoms with van der Waals surface area (Å²) in [6, 6.07) is 9.96. The van der Waals surface area contributed by atoms with Crippen LogP contribution < -0.4 is 20.7 Å². The van der Waals surface area contributed by atoms with E-state index in [-0.39, 0.29) is 23.1 Å². The first-order valence-electron chi connectivity index (χ1n) is 12.7.